The van der Waals surface area contributed by atoms with Gasteiger partial charge in [-0.1, -0.05) is 49.7 Å². The molecule has 180 valence electrons. The van der Waals surface area contributed by atoms with E-state index in [0.29, 0.717) is 12.2 Å². The van der Waals surface area contributed by atoms with Crippen molar-refractivity contribution in [2.24, 2.45) is 0 Å². The summed E-state index contributed by atoms with van der Waals surface area (Å²) in [6, 6.07) is 18.6. The second-order valence-electron chi connectivity index (χ2n) is 8.26. The third kappa shape index (κ3) is 5.40. The number of nitrogens with two attached hydrogens (primary N) is 1. The average molecular weight is 473 g/mol. The van der Waals surface area contributed by atoms with Crippen LogP contribution >= 0.6 is 0 Å². The SMILES string of the molecule is CCCCn1c(N)c(N(CC(=O)Nc2cccc3ncccc23)Cc2ccccc2)c(=O)[nH]c1=O. The highest BCUT2D eigenvalue weighted by Crippen LogP contribution is 2.23. The van der Waals surface area contributed by atoms with E-state index >= 15 is 0 Å². The van der Waals surface area contributed by atoms with Crippen LogP contribution in [0.1, 0.15) is 25.3 Å². The maximum atomic E-state index is 13.2. The van der Waals surface area contributed by atoms with Crippen molar-refractivity contribution < 1.29 is 4.79 Å². The first-order chi connectivity index (χ1) is 17.0. The Kier molecular flexibility index (Phi) is 7.25. The molecule has 0 radical (unpaired) electrons. The van der Waals surface area contributed by atoms with E-state index in [4.69, 9.17) is 5.73 Å². The van der Waals surface area contributed by atoms with Gasteiger partial charge in [0.15, 0.2) is 0 Å². The molecule has 0 aliphatic carbocycles. The Labute approximate surface area is 202 Å². The van der Waals surface area contributed by atoms with Crippen LogP contribution in [-0.4, -0.2) is 27.0 Å². The lowest BCUT2D eigenvalue weighted by Gasteiger charge is -2.26. The Balaban J connectivity index is 1.69. The van der Waals surface area contributed by atoms with Crippen molar-refractivity contribution in [3.05, 3.63) is 93.3 Å². The zero-order valence-corrected chi connectivity index (χ0v) is 19.5. The second-order valence-corrected chi connectivity index (χ2v) is 8.26. The van der Waals surface area contributed by atoms with Crippen molar-refractivity contribution in [1.29, 1.82) is 0 Å². The minimum atomic E-state index is -0.627. The van der Waals surface area contributed by atoms with Crippen LogP contribution in [0, 0.1) is 0 Å². The molecule has 2 aromatic carbocycles. The molecule has 0 unspecified atom stereocenters. The minimum Gasteiger partial charge on any atom is -0.383 e. The highest BCUT2D eigenvalue weighted by molar-refractivity contribution is 6.02. The first kappa shape index (κ1) is 23.7. The number of carbonyl (C=O) groups excluding carboxylic acids is 1. The van der Waals surface area contributed by atoms with E-state index < -0.39 is 11.2 Å². The molecule has 4 rings (SSSR count). The van der Waals surface area contributed by atoms with Gasteiger partial charge in [-0.2, -0.15) is 0 Å². The predicted molar refractivity (Wildman–Crippen MR) is 139 cm³/mol. The van der Waals surface area contributed by atoms with Gasteiger partial charge in [-0.3, -0.25) is 24.1 Å². The van der Waals surface area contributed by atoms with Crippen LogP contribution in [0.15, 0.2) is 76.4 Å². The largest absolute Gasteiger partial charge is 0.383 e. The third-order valence-electron chi connectivity index (χ3n) is 5.74. The summed E-state index contributed by atoms with van der Waals surface area (Å²) in [6.07, 6.45) is 3.28. The van der Waals surface area contributed by atoms with E-state index in [9.17, 15) is 14.4 Å². The van der Waals surface area contributed by atoms with Crippen molar-refractivity contribution in [3.8, 4) is 0 Å². The molecule has 0 aliphatic rings. The molecule has 0 saturated carbocycles. The molecule has 2 aromatic heterocycles. The summed E-state index contributed by atoms with van der Waals surface area (Å²) in [5.74, 6) is -0.285. The summed E-state index contributed by atoms with van der Waals surface area (Å²) >= 11 is 0. The lowest BCUT2D eigenvalue weighted by molar-refractivity contribution is -0.115. The van der Waals surface area contributed by atoms with Crippen LogP contribution in [0.2, 0.25) is 0 Å². The number of unbranched alkanes of at least 4 members (excludes halogenated alkanes) is 1. The van der Waals surface area contributed by atoms with Crippen LogP contribution in [0.5, 0.6) is 0 Å². The number of aromatic amines is 1. The summed E-state index contributed by atoms with van der Waals surface area (Å²) < 4.78 is 1.35. The van der Waals surface area contributed by atoms with Crippen LogP contribution in [0.3, 0.4) is 0 Å². The van der Waals surface area contributed by atoms with Crippen molar-refractivity contribution in [1.82, 2.24) is 14.5 Å². The number of amides is 1. The number of aromatic nitrogens is 3. The molecule has 4 N–H and O–H groups in total. The summed E-state index contributed by atoms with van der Waals surface area (Å²) in [7, 11) is 0. The number of H-pyrrole nitrogens is 1. The predicted octanol–water partition coefficient (Wildman–Crippen LogP) is 3.11. The number of benzene rings is 2. The first-order valence-electron chi connectivity index (χ1n) is 11.5. The van der Waals surface area contributed by atoms with Crippen LogP contribution in [-0.2, 0) is 17.9 Å². The van der Waals surface area contributed by atoms with E-state index in [1.165, 1.54) is 4.57 Å². The first-order valence-corrected chi connectivity index (χ1v) is 11.5. The maximum absolute atomic E-state index is 13.2. The van der Waals surface area contributed by atoms with Gasteiger partial charge in [-0.25, -0.2) is 4.79 Å². The van der Waals surface area contributed by atoms with E-state index in [1.807, 2.05) is 55.5 Å². The molecule has 2 heterocycles. The van der Waals surface area contributed by atoms with Crippen LogP contribution < -0.4 is 27.2 Å². The number of carbonyl (C=O) groups is 1. The molecule has 0 saturated heterocycles. The fourth-order valence-electron chi connectivity index (χ4n) is 4.01. The van der Waals surface area contributed by atoms with Crippen LogP contribution in [0.4, 0.5) is 17.2 Å². The Morgan fingerprint density at radius 3 is 2.66 bits per heavy atom. The Morgan fingerprint density at radius 1 is 1.09 bits per heavy atom. The Bertz CT molecular complexity index is 1440. The molecule has 0 aliphatic heterocycles. The van der Waals surface area contributed by atoms with Crippen molar-refractivity contribution in [3.63, 3.8) is 0 Å². The number of fused-ring (bicyclic) bond motifs is 1. The molecule has 4 aromatic rings. The van der Waals surface area contributed by atoms with E-state index in [-0.39, 0.29) is 30.5 Å². The summed E-state index contributed by atoms with van der Waals surface area (Å²) in [6.45, 7) is 2.48. The number of nitrogen functional groups attached to an aromatic ring is 1. The lowest BCUT2D eigenvalue weighted by Crippen LogP contribution is -2.41. The number of rotatable bonds is 9. The van der Waals surface area contributed by atoms with E-state index in [1.54, 1.807) is 23.2 Å². The summed E-state index contributed by atoms with van der Waals surface area (Å²) in [4.78, 5) is 46.8. The Morgan fingerprint density at radius 2 is 1.89 bits per heavy atom. The van der Waals surface area contributed by atoms with Crippen molar-refractivity contribution in [2.75, 3.05) is 22.5 Å². The van der Waals surface area contributed by atoms with Gasteiger partial charge in [0.1, 0.15) is 11.5 Å². The average Bonchev–Trinajstić information content (AvgIpc) is 2.84. The monoisotopic (exact) mass is 472 g/mol. The topological polar surface area (TPSA) is 126 Å². The molecule has 0 bridgehead atoms. The molecular weight excluding hydrogens is 444 g/mol. The molecule has 1 amide bonds. The fourth-order valence-corrected chi connectivity index (χ4v) is 4.01. The number of nitrogens with one attached hydrogen (secondary N) is 2. The van der Waals surface area contributed by atoms with Crippen molar-refractivity contribution >= 4 is 34.0 Å². The van der Waals surface area contributed by atoms with Gasteiger partial charge in [0, 0.05) is 24.7 Å². The molecule has 35 heavy (non-hydrogen) atoms. The molecule has 0 spiro atoms. The highest BCUT2D eigenvalue weighted by Gasteiger charge is 2.22. The lowest BCUT2D eigenvalue weighted by atomic mass is 10.1. The molecule has 0 atom stereocenters. The summed E-state index contributed by atoms with van der Waals surface area (Å²) in [5, 5.41) is 3.74. The molecular formula is C26H28N6O3. The number of hydrogen-bond donors (Lipinski definition) is 3. The number of nitrogens with zero attached hydrogens (tertiary/aromatic N) is 3. The summed E-state index contributed by atoms with van der Waals surface area (Å²) in [5.41, 5.74) is 7.52. The minimum absolute atomic E-state index is 0.0466. The van der Waals surface area contributed by atoms with E-state index in [0.717, 1.165) is 29.3 Å². The zero-order chi connectivity index (χ0) is 24.8. The smallest absolute Gasteiger partial charge is 0.330 e. The van der Waals surface area contributed by atoms with Gasteiger partial charge >= 0.3 is 5.69 Å². The fraction of sp³-hybridized carbons (Fsp3) is 0.231. The molecule has 9 nitrogen and oxygen atoms in total. The maximum Gasteiger partial charge on any atom is 0.330 e. The second kappa shape index (κ2) is 10.7. The third-order valence-corrected chi connectivity index (χ3v) is 5.74. The van der Waals surface area contributed by atoms with Gasteiger partial charge in [0.2, 0.25) is 5.91 Å². The van der Waals surface area contributed by atoms with Crippen LogP contribution in [0.25, 0.3) is 10.9 Å². The number of anilines is 3. The number of hydrogen-bond acceptors (Lipinski definition) is 6. The van der Waals surface area contributed by atoms with Gasteiger partial charge in [0.25, 0.3) is 5.56 Å². The Hall–Kier alpha value is -4.40. The van der Waals surface area contributed by atoms with Gasteiger partial charge in [-0.15, -0.1) is 0 Å². The van der Waals surface area contributed by atoms with E-state index in [2.05, 4.69) is 15.3 Å². The van der Waals surface area contributed by atoms with Gasteiger partial charge in [0.05, 0.1) is 17.7 Å². The quantitative estimate of drug-likeness (QED) is 0.344. The molecule has 0 fully saturated rings. The standard InChI is InChI=1S/C26H28N6O3/c1-2-3-15-32-24(27)23(25(34)30-26(32)35)31(16-18-9-5-4-6-10-18)17-22(33)29-21-13-7-12-20-19(21)11-8-14-28-20/h4-14H,2-3,15-17,27H2,1H3,(H,29,33)(H,30,34,35). The zero-order valence-electron chi connectivity index (χ0n) is 19.5. The van der Waals surface area contributed by atoms with Crippen molar-refractivity contribution in [2.45, 2.75) is 32.9 Å². The van der Waals surface area contributed by atoms with Gasteiger partial charge in [-0.05, 0) is 36.2 Å². The highest BCUT2D eigenvalue weighted by atomic mass is 16.2. The normalized spacial score (nSPS) is 10.9. The molecule has 9 heteroatoms. The number of pyridine rings is 1. The van der Waals surface area contributed by atoms with Gasteiger partial charge < -0.3 is 16.0 Å².